The highest BCUT2D eigenvalue weighted by Crippen LogP contribution is 2.29. The van der Waals surface area contributed by atoms with Crippen LogP contribution in [0.2, 0.25) is 0 Å². The summed E-state index contributed by atoms with van der Waals surface area (Å²) in [6.07, 6.45) is 1.70. The molecule has 0 bridgehead atoms. The van der Waals surface area contributed by atoms with Crippen LogP contribution >= 0.6 is 11.8 Å². The Hall–Kier alpha value is -1.60. The van der Waals surface area contributed by atoms with Crippen molar-refractivity contribution in [2.24, 2.45) is 0 Å². The fraction of sp³-hybridized carbons (Fsp3) is 0.562. The highest BCUT2D eigenvalue weighted by Gasteiger charge is 2.39. The molecule has 0 saturated carbocycles. The van der Waals surface area contributed by atoms with Crippen LogP contribution in [-0.4, -0.2) is 58.5 Å². The molecular formula is C16H23N3O3S. The number of ether oxygens (including phenoxy) is 1. The lowest BCUT2D eigenvalue weighted by Gasteiger charge is -2.35. The Morgan fingerprint density at radius 2 is 2.30 bits per heavy atom. The van der Waals surface area contributed by atoms with Crippen LogP contribution in [-0.2, 0) is 20.9 Å². The lowest BCUT2D eigenvalue weighted by Crippen LogP contribution is -2.58. The molecule has 1 N–H and O–H groups in total. The Balaban J connectivity index is 2.06. The highest BCUT2D eigenvalue weighted by molar-refractivity contribution is 8.01. The molecule has 0 radical (unpaired) electrons. The third-order valence-electron chi connectivity index (χ3n) is 3.72. The molecule has 1 atom stereocenters. The van der Waals surface area contributed by atoms with Crippen LogP contribution in [0.3, 0.4) is 0 Å². The number of pyridine rings is 1. The molecule has 7 heteroatoms. The van der Waals surface area contributed by atoms with Crippen molar-refractivity contribution in [3.05, 3.63) is 30.1 Å². The minimum atomic E-state index is -0.499. The van der Waals surface area contributed by atoms with Gasteiger partial charge in [0, 0.05) is 25.6 Å². The van der Waals surface area contributed by atoms with Gasteiger partial charge in [-0.15, -0.1) is 11.8 Å². The van der Waals surface area contributed by atoms with Crippen molar-refractivity contribution < 1.29 is 14.3 Å². The van der Waals surface area contributed by atoms with Gasteiger partial charge in [-0.2, -0.15) is 0 Å². The second-order valence-electron chi connectivity index (χ2n) is 5.92. The van der Waals surface area contributed by atoms with Gasteiger partial charge in [0.25, 0.3) is 0 Å². The van der Waals surface area contributed by atoms with Gasteiger partial charge in [-0.1, -0.05) is 6.07 Å². The fourth-order valence-corrected chi connectivity index (χ4v) is 3.24. The maximum absolute atomic E-state index is 12.8. The number of carbonyl (C=O) groups is 2. The predicted octanol–water partition coefficient (Wildman–Crippen LogP) is 1.07. The van der Waals surface area contributed by atoms with Gasteiger partial charge in [0.1, 0.15) is 6.04 Å². The van der Waals surface area contributed by atoms with E-state index in [1.54, 1.807) is 18.2 Å². The molecule has 1 aliphatic heterocycles. The van der Waals surface area contributed by atoms with E-state index in [-0.39, 0.29) is 11.8 Å². The molecule has 0 aromatic carbocycles. The minimum absolute atomic E-state index is 0.0935. The molecule has 0 unspecified atom stereocenters. The number of thioether (sulfide) groups is 1. The van der Waals surface area contributed by atoms with Crippen LogP contribution < -0.4 is 5.32 Å². The van der Waals surface area contributed by atoms with Crippen LogP contribution in [0.15, 0.2) is 24.4 Å². The van der Waals surface area contributed by atoms with Crippen molar-refractivity contribution in [2.45, 2.75) is 31.2 Å². The van der Waals surface area contributed by atoms with Crippen molar-refractivity contribution in [1.82, 2.24) is 15.2 Å². The summed E-state index contributed by atoms with van der Waals surface area (Å²) in [4.78, 5) is 30.8. The third-order valence-corrected chi connectivity index (χ3v) is 5.12. The molecule has 1 aromatic heterocycles. The monoisotopic (exact) mass is 337 g/mol. The van der Waals surface area contributed by atoms with E-state index in [1.165, 1.54) is 11.8 Å². The summed E-state index contributed by atoms with van der Waals surface area (Å²) in [5.41, 5.74) is 0.812. The van der Waals surface area contributed by atoms with E-state index in [0.29, 0.717) is 25.4 Å². The lowest BCUT2D eigenvalue weighted by atomic mass is 10.1. The first kappa shape index (κ1) is 17.7. The largest absolute Gasteiger partial charge is 0.383 e. The molecule has 1 aromatic rings. The van der Waals surface area contributed by atoms with Crippen LogP contribution in [0.1, 0.15) is 19.5 Å². The van der Waals surface area contributed by atoms with Gasteiger partial charge in [-0.05, 0) is 26.0 Å². The summed E-state index contributed by atoms with van der Waals surface area (Å²) in [5, 5.41) is 2.84. The summed E-state index contributed by atoms with van der Waals surface area (Å²) in [6, 6.07) is 5.11. The Labute approximate surface area is 141 Å². The number of hydrogen-bond donors (Lipinski definition) is 1. The van der Waals surface area contributed by atoms with Crippen molar-refractivity contribution in [1.29, 1.82) is 0 Å². The van der Waals surface area contributed by atoms with Gasteiger partial charge in [0.2, 0.25) is 11.8 Å². The van der Waals surface area contributed by atoms with Gasteiger partial charge >= 0.3 is 0 Å². The topological polar surface area (TPSA) is 71.5 Å². The zero-order valence-corrected chi connectivity index (χ0v) is 14.6. The van der Waals surface area contributed by atoms with E-state index in [0.717, 1.165) is 5.69 Å². The maximum Gasteiger partial charge on any atom is 0.246 e. The molecule has 0 aliphatic carbocycles. The lowest BCUT2D eigenvalue weighted by molar-refractivity contribution is -0.137. The second-order valence-corrected chi connectivity index (χ2v) is 7.56. The Morgan fingerprint density at radius 3 is 2.91 bits per heavy atom. The van der Waals surface area contributed by atoms with Gasteiger partial charge in [-0.25, -0.2) is 0 Å². The molecule has 6 nitrogen and oxygen atoms in total. The summed E-state index contributed by atoms with van der Waals surface area (Å²) in [6.45, 7) is 5.04. The van der Waals surface area contributed by atoms with Crippen molar-refractivity contribution in [2.75, 3.05) is 26.0 Å². The van der Waals surface area contributed by atoms with E-state index >= 15 is 0 Å². The normalized spacial score (nSPS) is 20.0. The molecule has 1 saturated heterocycles. The predicted molar refractivity (Wildman–Crippen MR) is 90.0 cm³/mol. The maximum atomic E-state index is 12.8. The van der Waals surface area contributed by atoms with Crippen molar-refractivity contribution in [3.8, 4) is 0 Å². The third kappa shape index (κ3) is 4.68. The first-order chi connectivity index (χ1) is 10.9. The van der Waals surface area contributed by atoms with Gasteiger partial charge in [0.05, 0.1) is 23.6 Å². The second kappa shape index (κ2) is 7.79. The van der Waals surface area contributed by atoms with Crippen LogP contribution in [0.5, 0.6) is 0 Å². The zero-order valence-electron chi connectivity index (χ0n) is 13.7. The van der Waals surface area contributed by atoms with Crippen molar-refractivity contribution in [3.63, 3.8) is 0 Å². The molecule has 2 rings (SSSR count). The standard InChI is InChI=1S/C16H23N3O3S/c1-16(2)15(21)18-13(11-23-16)14(20)19(8-9-22-3)10-12-6-4-5-7-17-12/h4-7,13H,8-11H2,1-3H3,(H,18,21)/t13-/m0/s1. The zero-order chi connectivity index (χ0) is 16.9. The van der Waals surface area contributed by atoms with E-state index in [2.05, 4.69) is 10.3 Å². The van der Waals surface area contributed by atoms with Crippen molar-refractivity contribution >= 4 is 23.6 Å². The molecule has 23 heavy (non-hydrogen) atoms. The van der Waals surface area contributed by atoms with E-state index < -0.39 is 10.8 Å². The quantitative estimate of drug-likeness (QED) is 0.841. The number of methoxy groups -OCH3 is 1. The first-order valence-corrected chi connectivity index (χ1v) is 8.55. The fourth-order valence-electron chi connectivity index (χ4n) is 2.24. The van der Waals surface area contributed by atoms with Crippen LogP contribution in [0.4, 0.5) is 0 Å². The number of hydrogen-bond acceptors (Lipinski definition) is 5. The number of nitrogens with one attached hydrogen (secondary N) is 1. The van der Waals surface area contributed by atoms with E-state index in [9.17, 15) is 9.59 Å². The molecule has 0 spiro atoms. The smallest absolute Gasteiger partial charge is 0.246 e. The SMILES string of the molecule is COCCN(Cc1ccccn1)C(=O)[C@@H]1CSC(C)(C)C(=O)N1. The Bertz CT molecular complexity index is 551. The molecule has 1 fully saturated rings. The van der Waals surface area contributed by atoms with Gasteiger partial charge in [0.15, 0.2) is 0 Å². The van der Waals surface area contributed by atoms with Crippen LogP contribution in [0, 0.1) is 0 Å². The number of rotatable bonds is 6. The van der Waals surface area contributed by atoms with E-state index in [1.807, 2.05) is 32.0 Å². The number of carbonyl (C=O) groups excluding carboxylic acids is 2. The Morgan fingerprint density at radius 1 is 1.52 bits per heavy atom. The average Bonchev–Trinajstić information content (AvgIpc) is 2.54. The highest BCUT2D eigenvalue weighted by atomic mass is 32.2. The number of amides is 2. The molecule has 126 valence electrons. The molecular weight excluding hydrogens is 314 g/mol. The first-order valence-electron chi connectivity index (χ1n) is 7.56. The Kier molecular flexibility index (Phi) is 6.01. The summed E-state index contributed by atoms with van der Waals surface area (Å²) < 4.78 is 4.60. The molecule has 1 aliphatic rings. The molecule has 2 amide bonds. The summed E-state index contributed by atoms with van der Waals surface area (Å²) >= 11 is 1.51. The summed E-state index contributed by atoms with van der Waals surface area (Å²) in [7, 11) is 1.60. The minimum Gasteiger partial charge on any atom is -0.383 e. The van der Waals surface area contributed by atoms with Crippen LogP contribution in [0.25, 0.3) is 0 Å². The van der Waals surface area contributed by atoms with E-state index in [4.69, 9.17) is 4.74 Å². The number of nitrogens with zero attached hydrogens (tertiary/aromatic N) is 2. The summed E-state index contributed by atoms with van der Waals surface area (Å²) in [5.74, 6) is 0.379. The molecule has 2 heterocycles. The van der Waals surface area contributed by atoms with Gasteiger partial charge < -0.3 is 15.0 Å². The van der Waals surface area contributed by atoms with Gasteiger partial charge in [-0.3, -0.25) is 14.6 Å². The number of aromatic nitrogens is 1. The average molecular weight is 337 g/mol.